The highest BCUT2D eigenvalue weighted by Gasteiger charge is 2.40. The first-order valence-electron chi connectivity index (χ1n) is 8.73. The first-order valence-corrected chi connectivity index (χ1v) is 8.73. The fourth-order valence-electron chi connectivity index (χ4n) is 4.29. The molecule has 7 heteroatoms. The van der Waals surface area contributed by atoms with Gasteiger partial charge in [-0.05, 0) is 61.3 Å². The van der Waals surface area contributed by atoms with Crippen LogP contribution in [0.4, 0.5) is 5.69 Å². The summed E-state index contributed by atoms with van der Waals surface area (Å²) in [5.74, 6) is 3.66. The van der Waals surface area contributed by atoms with Crippen molar-refractivity contribution >= 4 is 24.0 Å². The molecular weight excluding hydrogens is 338 g/mol. The van der Waals surface area contributed by atoms with Crippen LogP contribution in [0.15, 0.2) is 24.3 Å². The number of fused-ring (bicyclic) bond motifs is 2. The molecule has 134 valence electrons. The number of aromatic amines is 1. The van der Waals surface area contributed by atoms with Crippen LogP contribution in [0.2, 0.25) is 0 Å². The smallest absolute Gasteiger partial charge is 0.224 e. The van der Waals surface area contributed by atoms with Crippen molar-refractivity contribution in [2.24, 2.45) is 23.5 Å². The molecule has 2 bridgehead atoms. The number of carbonyl (C=O) groups excluding carboxylic acids is 1. The highest BCUT2D eigenvalue weighted by atomic mass is 35.5. The Bertz CT molecular complexity index is 729. The molecule has 2 aromatic rings. The van der Waals surface area contributed by atoms with Gasteiger partial charge in [0.2, 0.25) is 5.91 Å². The molecule has 3 atom stereocenters. The molecule has 0 aliphatic heterocycles. The molecule has 2 saturated carbocycles. The zero-order chi connectivity index (χ0) is 16.5. The number of nitrogens with two attached hydrogens (primary N) is 1. The van der Waals surface area contributed by atoms with Gasteiger partial charge in [0, 0.05) is 17.7 Å². The van der Waals surface area contributed by atoms with Crippen LogP contribution in [-0.2, 0) is 11.3 Å². The number of nitrogens with one attached hydrogen (secondary N) is 2. The topological polar surface area (TPSA) is 96.7 Å². The van der Waals surface area contributed by atoms with Crippen molar-refractivity contribution in [2.45, 2.75) is 38.6 Å². The Labute approximate surface area is 153 Å². The van der Waals surface area contributed by atoms with Gasteiger partial charge in [0.1, 0.15) is 5.82 Å². The number of hydrogen-bond donors (Lipinski definition) is 3. The normalized spacial score (nSPS) is 24.1. The Morgan fingerprint density at radius 3 is 2.64 bits per heavy atom. The SMILES string of the molecule is Cl.NCc1nc(-c2ccc(NC(=O)CC3CC4CCC3C4)cc2)n[nH]1. The fourth-order valence-corrected chi connectivity index (χ4v) is 4.29. The van der Waals surface area contributed by atoms with Gasteiger partial charge >= 0.3 is 0 Å². The van der Waals surface area contributed by atoms with Crippen LogP contribution < -0.4 is 11.1 Å². The molecule has 1 aromatic heterocycles. The number of aromatic nitrogens is 3. The molecule has 4 rings (SSSR count). The molecule has 2 aliphatic rings. The maximum Gasteiger partial charge on any atom is 0.224 e. The number of hydrogen-bond acceptors (Lipinski definition) is 4. The largest absolute Gasteiger partial charge is 0.326 e. The number of nitrogens with zero attached hydrogens (tertiary/aromatic N) is 2. The Hall–Kier alpha value is -1.92. The zero-order valence-corrected chi connectivity index (χ0v) is 14.9. The summed E-state index contributed by atoms with van der Waals surface area (Å²) in [4.78, 5) is 16.6. The van der Waals surface area contributed by atoms with Gasteiger partial charge in [0.25, 0.3) is 0 Å². The number of anilines is 1. The zero-order valence-electron chi connectivity index (χ0n) is 14.1. The van der Waals surface area contributed by atoms with E-state index in [2.05, 4.69) is 20.5 Å². The summed E-state index contributed by atoms with van der Waals surface area (Å²) < 4.78 is 0. The quantitative estimate of drug-likeness (QED) is 0.762. The van der Waals surface area contributed by atoms with E-state index in [9.17, 15) is 4.79 Å². The molecule has 0 saturated heterocycles. The summed E-state index contributed by atoms with van der Waals surface area (Å²) in [6.45, 7) is 0.337. The maximum atomic E-state index is 12.3. The van der Waals surface area contributed by atoms with E-state index in [4.69, 9.17) is 5.73 Å². The minimum absolute atomic E-state index is 0. The maximum absolute atomic E-state index is 12.3. The molecule has 4 N–H and O–H groups in total. The third-order valence-corrected chi connectivity index (χ3v) is 5.48. The van der Waals surface area contributed by atoms with E-state index in [0.29, 0.717) is 30.5 Å². The van der Waals surface area contributed by atoms with Crippen LogP contribution in [-0.4, -0.2) is 21.1 Å². The third kappa shape index (κ3) is 3.85. The van der Waals surface area contributed by atoms with Gasteiger partial charge in [0.05, 0.1) is 6.54 Å². The van der Waals surface area contributed by atoms with Crippen LogP contribution in [0.1, 0.15) is 37.9 Å². The lowest BCUT2D eigenvalue weighted by atomic mass is 9.86. The monoisotopic (exact) mass is 361 g/mol. The lowest BCUT2D eigenvalue weighted by molar-refractivity contribution is -0.117. The Balaban J connectivity index is 0.00000182. The fraction of sp³-hybridized carbons (Fsp3) is 0.500. The molecule has 2 aliphatic carbocycles. The molecule has 3 unspecified atom stereocenters. The predicted molar refractivity (Wildman–Crippen MR) is 99.1 cm³/mol. The Morgan fingerprint density at radius 2 is 2.04 bits per heavy atom. The third-order valence-electron chi connectivity index (χ3n) is 5.48. The lowest BCUT2D eigenvalue weighted by Crippen LogP contribution is -2.20. The second kappa shape index (κ2) is 7.54. The lowest BCUT2D eigenvalue weighted by Gasteiger charge is -2.20. The molecule has 0 spiro atoms. The number of halogens is 1. The van der Waals surface area contributed by atoms with E-state index in [1.54, 1.807) is 0 Å². The minimum Gasteiger partial charge on any atom is -0.326 e. The molecule has 1 amide bonds. The summed E-state index contributed by atoms with van der Waals surface area (Å²) in [5.41, 5.74) is 7.25. The van der Waals surface area contributed by atoms with Crippen LogP contribution in [0.3, 0.4) is 0 Å². The van der Waals surface area contributed by atoms with E-state index >= 15 is 0 Å². The van der Waals surface area contributed by atoms with Crippen LogP contribution in [0.25, 0.3) is 11.4 Å². The van der Waals surface area contributed by atoms with Crippen LogP contribution in [0, 0.1) is 17.8 Å². The minimum atomic E-state index is 0. The van der Waals surface area contributed by atoms with E-state index in [0.717, 1.165) is 23.1 Å². The second-order valence-corrected chi connectivity index (χ2v) is 7.07. The average molecular weight is 362 g/mol. The van der Waals surface area contributed by atoms with Crippen LogP contribution in [0.5, 0.6) is 0 Å². The molecule has 1 aromatic carbocycles. The van der Waals surface area contributed by atoms with E-state index in [1.807, 2.05) is 24.3 Å². The predicted octanol–water partition coefficient (Wildman–Crippen LogP) is 3.12. The van der Waals surface area contributed by atoms with Gasteiger partial charge in [-0.3, -0.25) is 9.89 Å². The van der Waals surface area contributed by atoms with Gasteiger partial charge in [-0.1, -0.05) is 6.42 Å². The number of H-pyrrole nitrogens is 1. The summed E-state index contributed by atoms with van der Waals surface area (Å²) in [7, 11) is 0. The Kier molecular flexibility index (Phi) is 5.39. The first-order chi connectivity index (χ1) is 11.7. The number of rotatable bonds is 5. The molecule has 0 radical (unpaired) electrons. The molecule has 2 fully saturated rings. The summed E-state index contributed by atoms with van der Waals surface area (Å²) in [6.07, 6.45) is 5.93. The highest BCUT2D eigenvalue weighted by molar-refractivity contribution is 5.91. The number of amides is 1. The summed E-state index contributed by atoms with van der Waals surface area (Å²) in [5, 5.41) is 9.95. The van der Waals surface area contributed by atoms with Crippen molar-refractivity contribution in [3.63, 3.8) is 0 Å². The van der Waals surface area contributed by atoms with Crippen molar-refractivity contribution < 1.29 is 4.79 Å². The van der Waals surface area contributed by atoms with Crippen molar-refractivity contribution in [1.29, 1.82) is 0 Å². The first kappa shape index (κ1) is 17.9. The molecule has 1 heterocycles. The van der Waals surface area contributed by atoms with Crippen molar-refractivity contribution in [2.75, 3.05) is 5.32 Å². The van der Waals surface area contributed by atoms with Gasteiger partial charge in [-0.2, -0.15) is 5.10 Å². The van der Waals surface area contributed by atoms with Crippen LogP contribution >= 0.6 is 12.4 Å². The van der Waals surface area contributed by atoms with E-state index in [1.165, 1.54) is 25.7 Å². The summed E-state index contributed by atoms with van der Waals surface area (Å²) in [6, 6.07) is 7.62. The number of carbonyl (C=O) groups is 1. The standard InChI is InChI=1S/C18H23N5O.ClH/c19-10-16-21-18(23-22-16)12-3-5-15(6-4-12)20-17(24)9-14-8-11-1-2-13(14)7-11;/h3-6,11,13-14H,1-2,7-10,19H2,(H,20,24)(H,21,22,23);1H. The van der Waals surface area contributed by atoms with Crippen molar-refractivity contribution in [3.8, 4) is 11.4 Å². The summed E-state index contributed by atoms with van der Waals surface area (Å²) >= 11 is 0. The number of benzene rings is 1. The Morgan fingerprint density at radius 1 is 1.24 bits per heavy atom. The van der Waals surface area contributed by atoms with Gasteiger partial charge in [-0.25, -0.2) is 4.98 Å². The van der Waals surface area contributed by atoms with Crippen molar-refractivity contribution in [3.05, 3.63) is 30.1 Å². The second-order valence-electron chi connectivity index (χ2n) is 7.07. The van der Waals surface area contributed by atoms with Gasteiger partial charge in [0.15, 0.2) is 5.82 Å². The van der Waals surface area contributed by atoms with E-state index in [-0.39, 0.29) is 18.3 Å². The highest BCUT2D eigenvalue weighted by Crippen LogP contribution is 2.49. The van der Waals surface area contributed by atoms with E-state index < -0.39 is 0 Å². The molecule has 6 nitrogen and oxygen atoms in total. The average Bonchev–Trinajstić information content (AvgIpc) is 3.32. The molecular formula is C18H24ClN5O. The van der Waals surface area contributed by atoms with Crippen molar-refractivity contribution in [1.82, 2.24) is 15.2 Å². The van der Waals surface area contributed by atoms with Gasteiger partial charge < -0.3 is 11.1 Å². The molecule has 25 heavy (non-hydrogen) atoms. The van der Waals surface area contributed by atoms with Gasteiger partial charge in [-0.15, -0.1) is 12.4 Å².